The van der Waals surface area contributed by atoms with Gasteiger partial charge in [-0.25, -0.2) is 0 Å². The van der Waals surface area contributed by atoms with Gasteiger partial charge in [0.25, 0.3) is 0 Å². The number of aryl methyl sites for hydroxylation is 1. The molecule has 0 spiro atoms. The first-order chi connectivity index (χ1) is 7.99. The molecular formula is C13H17BrN2O. The number of carbonyl (C=O) groups is 1. The average molecular weight is 297 g/mol. The number of halogens is 1. The Hall–Kier alpha value is -0.870. The number of benzene rings is 1. The molecule has 1 atom stereocenters. The first kappa shape index (κ1) is 12.6. The third-order valence-electron chi connectivity index (χ3n) is 3.22. The molecule has 1 aliphatic heterocycles. The van der Waals surface area contributed by atoms with Crippen LogP contribution in [0.5, 0.6) is 0 Å². The molecule has 3 nitrogen and oxygen atoms in total. The predicted molar refractivity (Wildman–Crippen MR) is 73.1 cm³/mol. The minimum Gasteiger partial charge on any atom is -0.326 e. The molecule has 0 radical (unpaired) electrons. The normalized spacial score (nSPS) is 23.7. The molecular weight excluding hydrogens is 280 g/mol. The summed E-state index contributed by atoms with van der Waals surface area (Å²) in [6.07, 6.45) is 0.895. The Labute approximate surface area is 110 Å². The summed E-state index contributed by atoms with van der Waals surface area (Å²) in [5.41, 5.74) is 1.70. The molecule has 92 valence electrons. The number of hydrogen-bond acceptors (Lipinski definition) is 2. The van der Waals surface area contributed by atoms with E-state index < -0.39 is 0 Å². The van der Waals surface area contributed by atoms with E-state index in [0.717, 1.165) is 35.2 Å². The zero-order chi connectivity index (χ0) is 12.5. The largest absolute Gasteiger partial charge is 0.326 e. The molecule has 1 heterocycles. The van der Waals surface area contributed by atoms with Crippen molar-refractivity contribution in [3.63, 3.8) is 0 Å². The van der Waals surface area contributed by atoms with E-state index >= 15 is 0 Å². The van der Waals surface area contributed by atoms with Crippen molar-refractivity contribution in [1.29, 1.82) is 0 Å². The van der Waals surface area contributed by atoms with Crippen molar-refractivity contribution >= 4 is 27.5 Å². The highest BCUT2D eigenvalue weighted by Crippen LogP contribution is 2.27. The molecule has 2 rings (SSSR count). The van der Waals surface area contributed by atoms with E-state index in [1.165, 1.54) is 0 Å². The maximum Gasteiger partial charge on any atom is 0.231 e. The first-order valence-electron chi connectivity index (χ1n) is 5.79. The van der Waals surface area contributed by atoms with Crippen LogP contribution in [0, 0.1) is 12.3 Å². The molecule has 2 N–H and O–H groups in total. The molecule has 0 saturated carbocycles. The van der Waals surface area contributed by atoms with Crippen molar-refractivity contribution < 1.29 is 4.79 Å². The van der Waals surface area contributed by atoms with E-state index in [0.29, 0.717) is 0 Å². The number of rotatable bonds is 2. The van der Waals surface area contributed by atoms with Gasteiger partial charge in [-0.2, -0.15) is 0 Å². The molecule has 1 aromatic rings. The highest BCUT2D eigenvalue weighted by molar-refractivity contribution is 9.10. The van der Waals surface area contributed by atoms with Gasteiger partial charge in [0.05, 0.1) is 5.41 Å². The second-order valence-corrected chi connectivity index (χ2v) is 5.87. The van der Waals surface area contributed by atoms with Crippen LogP contribution in [0.15, 0.2) is 22.7 Å². The summed E-state index contributed by atoms with van der Waals surface area (Å²) in [6, 6.07) is 5.93. The van der Waals surface area contributed by atoms with Crippen molar-refractivity contribution in [2.24, 2.45) is 5.41 Å². The first-order valence-corrected chi connectivity index (χ1v) is 6.58. The van der Waals surface area contributed by atoms with Crippen LogP contribution in [0.3, 0.4) is 0 Å². The van der Waals surface area contributed by atoms with Crippen molar-refractivity contribution in [2.75, 3.05) is 18.4 Å². The number of amides is 1. The third kappa shape index (κ3) is 2.87. The minimum atomic E-state index is -0.282. The topological polar surface area (TPSA) is 41.1 Å². The Kier molecular flexibility index (Phi) is 3.54. The lowest BCUT2D eigenvalue weighted by Gasteiger charge is -2.21. The van der Waals surface area contributed by atoms with Gasteiger partial charge in [-0.05, 0) is 50.6 Å². The van der Waals surface area contributed by atoms with Crippen LogP contribution < -0.4 is 10.6 Å². The molecule has 1 aromatic carbocycles. The fourth-order valence-corrected chi connectivity index (χ4v) is 2.71. The summed E-state index contributed by atoms with van der Waals surface area (Å²) < 4.78 is 0.988. The molecule has 1 unspecified atom stereocenters. The molecule has 1 aliphatic rings. The van der Waals surface area contributed by atoms with Crippen LogP contribution in [-0.4, -0.2) is 19.0 Å². The van der Waals surface area contributed by atoms with E-state index in [1.807, 2.05) is 32.0 Å². The zero-order valence-corrected chi connectivity index (χ0v) is 11.7. The maximum atomic E-state index is 12.2. The van der Waals surface area contributed by atoms with E-state index in [1.54, 1.807) is 0 Å². The highest BCUT2D eigenvalue weighted by Gasteiger charge is 2.36. The van der Waals surface area contributed by atoms with Crippen LogP contribution in [0.25, 0.3) is 0 Å². The molecule has 0 aromatic heterocycles. The maximum absolute atomic E-state index is 12.2. The Bertz CT molecular complexity index is 419. The Morgan fingerprint density at radius 1 is 1.47 bits per heavy atom. The average Bonchev–Trinajstić information content (AvgIpc) is 2.64. The van der Waals surface area contributed by atoms with Gasteiger partial charge in [-0.1, -0.05) is 15.9 Å². The van der Waals surface area contributed by atoms with Crippen molar-refractivity contribution in [3.8, 4) is 0 Å². The van der Waals surface area contributed by atoms with Gasteiger partial charge in [0, 0.05) is 16.7 Å². The van der Waals surface area contributed by atoms with Gasteiger partial charge in [0.2, 0.25) is 5.91 Å². The van der Waals surface area contributed by atoms with Crippen LogP contribution >= 0.6 is 15.9 Å². The van der Waals surface area contributed by atoms with Gasteiger partial charge in [0.1, 0.15) is 0 Å². The number of nitrogens with one attached hydrogen (secondary N) is 2. The van der Waals surface area contributed by atoms with Crippen molar-refractivity contribution in [3.05, 3.63) is 28.2 Å². The lowest BCUT2D eigenvalue weighted by Crippen LogP contribution is -2.35. The standard InChI is InChI=1S/C13H17BrN2O/c1-9-5-10(14)7-11(6-9)16-12(17)13(2)3-4-15-8-13/h5-7,15H,3-4,8H2,1-2H3,(H,16,17). The van der Waals surface area contributed by atoms with Crippen LogP contribution in [0.1, 0.15) is 18.9 Å². The van der Waals surface area contributed by atoms with E-state index in [2.05, 4.69) is 26.6 Å². The lowest BCUT2D eigenvalue weighted by molar-refractivity contribution is -0.123. The van der Waals surface area contributed by atoms with Crippen LogP contribution in [0.2, 0.25) is 0 Å². The number of carbonyl (C=O) groups excluding carboxylic acids is 1. The lowest BCUT2D eigenvalue weighted by atomic mass is 9.88. The van der Waals surface area contributed by atoms with Gasteiger partial charge in [-0.3, -0.25) is 4.79 Å². The quantitative estimate of drug-likeness (QED) is 0.881. The predicted octanol–water partition coefficient (Wildman–Crippen LogP) is 2.70. The van der Waals surface area contributed by atoms with Crippen molar-refractivity contribution in [1.82, 2.24) is 5.32 Å². The monoisotopic (exact) mass is 296 g/mol. The SMILES string of the molecule is Cc1cc(Br)cc(NC(=O)C2(C)CCNC2)c1. The van der Waals surface area contributed by atoms with E-state index in [-0.39, 0.29) is 11.3 Å². The molecule has 0 bridgehead atoms. The number of anilines is 1. The third-order valence-corrected chi connectivity index (χ3v) is 3.67. The van der Waals surface area contributed by atoms with Gasteiger partial charge < -0.3 is 10.6 Å². The minimum absolute atomic E-state index is 0.0972. The zero-order valence-electron chi connectivity index (χ0n) is 10.1. The summed E-state index contributed by atoms with van der Waals surface area (Å²) in [5.74, 6) is 0.0972. The second-order valence-electron chi connectivity index (χ2n) is 4.96. The fraction of sp³-hybridized carbons (Fsp3) is 0.462. The molecule has 17 heavy (non-hydrogen) atoms. The Morgan fingerprint density at radius 3 is 2.82 bits per heavy atom. The van der Waals surface area contributed by atoms with Crippen molar-refractivity contribution in [2.45, 2.75) is 20.3 Å². The Balaban J connectivity index is 2.12. The van der Waals surface area contributed by atoms with Gasteiger partial charge >= 0.3 is 0 Å². The molecule has 1 fully saturated rings. The van der Waals surface area contributed by atoms with Crippen LogP contribution in [0.4, 0.5) is 5.69 Å². The van der Waals surface area contributed by atoms with E-state index in [4.69, 9.17) is 0 Å². The molecule has 4 heteroatoms. The van der Waals surface area contributed by atoms with Gasteiger partial charge in [-0.15, -0.1) is 0 Å². The molecule has 0 aliphatic carbocycles. The summed E-state index contributed by atoms with van der Waals surface area (Å²) in [5, 5.41) is 6.23. The summed E-state index contributed by atoms with van der Waals surface area (Å²) in [7, 11) is 0. The number of hydrogen-bond donors (Lipinski definition) is 2. The second kappa shape index (κ2) is 4.78. The highest BCUT2D eigenvalue weighted by atomic mass is 79.9. The molecule has 1 saturated heterocycles. The van der Waals surface area contributed by atoms with E-state index in [9.17, 15) is 4.79 Å². The smallest absolute Gasteiger partial charge is 0.231 e. The molecule has 1 amide bonds. The summed E-state index contributed by atoms with van der Waals surface area (Å²) >= 11 is 3.44. The fourth-order valence-electron chi connectivity index (χ4n) is 2.10. The summed E-state index contributed by atoms with van der Waals surface area (Å²) in [6.45, 7) is 5.69. The summed E-state index contributed by atoms with van der Waals surface area (Å²) in [4.78, 5) is 12.2. The van der Waals surface area contributed by atoms with Gasteiger partial charge in [0.15, 0.2) is 0 Å². The Morgan fingerprint density at radius 2 is 2.24 bits per heavy atom. The van der Waals surface area contributed by atoms with Crippen LogP contribution in [-0.2, 0) is 4.79 Å².